The molecule has 0 bridgehead atoms. The monoisotopic (exact) mass is 294 g/mol. The summed E-state index contributed by atoms with van der Waals surface area (Å²) in [5.41, 5.74) is -0.353. The Hall–Kier alpha value is -2.04. The minimum atomic E-state index is -1.15. The van der Waals surface area contributed by atoms with Crippen LogP contribution in [-0.2, 0) is 0 Å². The van der Waals surface area contributed by atoms with E-state index in [4.69, 9.17) is 9.47 Å². The highest BCUT2D eigenvalue weighted by molar-refractivity contribution is 6.03. The minimum absolute atomic E-state index is 0.0598. The lowest BCUT2D eigenvalue weighted by molar-refractivity contribution is 0.0691. The van der Waals surface area contributed by atoms with Gasteiger partial charge in [-0.05, 0) is 26.0 Å². The van der Waals surface area contributed by atoms with E-state index in [0.717, 1.165) is 0 Å². The topological polar surface area (TPSA) is 72.8 Å². The third-order valence-corrected chi connectivity index (χ3v) is 2.82. The number of carbonyl (C=O) groups is 2. The normalized spacial score (nSPS) is 11.1. The Balaban J connectivity index is 3.50. The second-order valence-corrected chi connectivity index (χ2v) is 5.60. The van der Waals surface area contributed by atoms with E-state index in [9.17, 15) is 14.7 Å². The van der Waals surface area contributed by atoms with Gasteiger partial charge in [0.05, 0.1) is 13.2 Å². The molecule has 0 atom stereocenters. The van der Waals surface area contributed by atoms with Crippen LogP contribution in [0.2, 0.25) is 0 Å². The van der Waals surface area contributed by atoms with Crippen molar-refractivity contribution in [2.45, 2.75) is 34.6 Å². The fourth-order valence-electron chi connectivity index (χ4n) is 1.88. The molecule has 0 unspecified atom stereocenters. The molecule has 5 heteroatoms. The predicted octanol–water partition coefficient (Wildman–Crippen LogP) is 3.41. The van der Waals surface area contributed by atoms with E-state index in [0.29, 0.717) is 18.8 Å². The average Bonchev–Trinajstić information content (AvgIpc) is 2.38. The highest BCUT2D eigenvalue weighted by Crippen LogP contribution is 2.35. The molecule has 0 saturated carbocycles. The molecule has 1 aromatic rings. The Bertz CT molecular complexity index is 540. The number of rotatable bonds is 6. The van der Waals surface area contributed by atoms with Crippen LogP contribution >= 0.6 is 0 Å². The van der Waals surface area contributed by atoms with Crippen LogP contribution < -0.4 is 9.47 Å². The summed E-state index contributed by atoms with van der Waals surface area (Å²) in [6, 6.07) is 2.90. The van der Waals surface area contributed by atoms with Crippen molar-refractivity contribution in [1.82, 2.24) is 0 Å². The maximum atomic E-state index is 12.4. The minimum Gasteiger partial charge on any atom is -0.490 e. The number of carboxylic acids is 1. The largest absolute Gasteiger partial charge is 0.490 e. The quantitative estimate of drug-likeness (QED) is 0.814. The summed E-state index contributed by atoms with van der Waals surface area (Å²) in [7, 11) is 0. The smallest absolute Gasteiger partial charge is 0.339 e. The van der Waals surface area contributed by atoms with Crippen molar-refractivity contribution < 1.29 is 24.2 Å². The molecule has 0 aromatic heterocycles. The maximum Gasteiger partial charge on any atom is 0.339 e. The van der Waals surface area contributed by atoms with Crippen LogP contribution in [0, 0.1) is 5.41 Å². The molecule has 1 aromatic carbocycles. The van der Waals surface area contributed by atoms with Crippen LogP contribution in [-0.4, -0.2) is 30.1 Å². The number of Topliss-reactive ketones (excluding diaryl/α,β-unsaturated/α-hetero) is 1. The van der Waals surface area contributed by atoms with Crippen molar-refractivity contribution in [3.8, 4) is 11.5 Å². The zero-order chi connectivity index (χ0) is 16.2. The number of hydrogen-bond donors (Lipinski definition) is 1. The third-order valence-electron chi connectivity index (χ3n) is 2.82. The fourth-order valence-corrected chi connectivity index (χ4v) is 1.88. The van der Waals surface area contributed by atoms with Crippen molar-refractivity contribution in [3.05, 3.63) is 23.3 Å². The zero-order valence-electron chi connectivity index (χ0n) is 13.1. The number of ketones is 1. The van der Waals surface area contributed by atoms with Crippen LogP contribution in [0.5, 0.6) is 11.5 Å². The van der Waals surface area contributed by atoms with Crippen molar-refractivity contribution in [2.75, 3.05) is 13.2 Å². The fraction of sp³-hybridized carbons (Fsp3) is 0.500. The van der Waals surface area contributed by atoms with Crippen LogP contribution in [0.4, 0.5) is 0 Å². The molecule has 5 nitrogen and oxygen atoms in total. The standard InChI is InChI=1S/C16H22O5/c1-6-20-12-9-10(14(17)16(3,4)5)8-11(15(18)19)13(12)21-7-2/h8-9H,6-7H2,1-5H3,(H,18,19). The van der Waals surface area contributed by atoms with E-state index < -0.39 is 11.4 Å². The van der Waals surface area contributed by atoms with Crippen LogP contribution in [0.1, 0.15) is 55.3 Å². The van der Waals surface area contributed by atoms with Crippen molar-refractivity contribution in [2.24, 2.45) is 5.41 Å². The molecule has 21 heavy (non-hydrogen) atoms. The Morgan fingerprint density at radius 1 is 1.10 bits per heavy atom. The zero-order valence-corrected chi connectivity index (χ0v) is 13.1. The van der Waals surface area contributed by atoms with Crippen molar-refractivity contribution >= 4 is 11.8 Å². The predicted molar refractivity (Wildman–Crippen MR) is 79.5 cm³/mol. The van der Waals surface area contributed by atoms with Crippen molar-refractivity contribution in [3.63, 3.8) is 0 Å². The lowest BCUT2D eigenvalue weighted by atomic mass is 9.86. The first-order valence-corrected chi connectivity index (χ1v) is 6.94. The molecule has 0 aliphatic heterocycles. The Morgan fingerprint density at radius 3 is 2.10 bits per heavy atom. The molecular formula is C16H22O5. The number of hydrogen-bond acceptors (Lipinski definition) is 4. The second kappa shape index (κ2) is 6.61. The summed E-state index contributed by atoms with van der Waals surface area (Å²) in [6.45, 7) is 9.56. The van der Waals surface area contributed by atoms with Gasteiger partial charge in [0.1, 0.15) is 5.56 Å². The average molecular weight is 294 g/mol. The van der Waals surface area contributed by atoms with E-state index in [2.05, 4.69) is 0 Å². The van der Waals surface area contributed by atoms with E-state index in [1.807, 2.05) is 0 Å². The number of carboxylic acid groups (broad SMARTS) is 1. The molecule has 0 radical (unpaired) electrons. The lowest BCUT2D eigenvalue weighted by Gasteiger charge is -2.19. The van der Waals surface area contributed by atoms with Gasteiger partial charge in [0, 0.05) is 11.0 Å². The van der Waals surface area contributed by atoms with Gasteiger partial charge in [-0.2, -0.15) is 0 Å². The molecule has 1 N–H and O–H groups in total. The molecule has 1 rings (SSSR count). The van der Waals surface area contributed by atoms with Crippen LogP contribution in [0.25, 0.3) is 0 Å². The Kier molecular flexibility index (Phi) is 5.35. The van der Waals surface area contributed by atoms with E-state index in [1.165, 1.54) is 6.07 Å². The van der Waals surface area contributed by atoms with Gasteiger partial charge in [-0.1, -0.05) is 20.8 Å². The summed E-state index contributed by atoms with van der Waals surface area (Å²) >= 11 is 0. The molecule has 0 saturated heterocycles. The molecule has 0 amide bonds. The van der Waals surface area contributed by atoms with Crippen molar-refractivity contribution in [1.29, 1.82) is 0 Å². The molecular weight excluding hydrogens is 272 g/mol. The number of aromatic carboxylic acids is 1. The summed E-state index contributed by atoms with van der Waals surface area (Å²) in [4.78, 5) is 23.8. The molecule has 0 spiro atoms. The first-order valence-electron chi connectivity index (χ1n) is 6.94. The van der Waals surface area contributed by atoms with E-state index in [-0.39, 0.29) is 22.8 Å². The van der Waals surface area contributed by atoms with Gasteiger partial charge in [0.2, 0.25) is 0 Å². The molecule has 0 heterocycles. The summed E-state index contributed by atoms with van der Waals surface area (Å²) in [5.74, 6) is -0.846. The van der Waals surface area contributed by atoms with Gasteiger partial charge >= 0.3 is 5.97 Å². The molecule has 0 fully saturated rings. The molecule has 116 valence electrons. The van der Waals surface area contributed by atoms with E-state index in [1.54, 1.807) is 40.7 Å². The summed E-state index contributed by atoms with van der Waals surface area (Å²) < 4.78 is 10.8. The van der Waals surface area contributed by atoms with Gasteiger partial charge in [-0.15, -0.1) is 0 Å². The highest BCUT2D eigenvalue weighted by Gasteiger charge is 2.27. The first kappa shape index (κ1) is 17.0. The lowest BCUT2D eigenvalue weighted by Crippen LogP contribution is -2.21. The first-order chi connectivity index (χ1) is 9.72. The van der Waals surface area contributed by atoms with Gasteiger partial charge in [-0.25, -0.2) is 4.79 Å². The third kappa shape index (κ3) is 3.97. The van der Waals surface area contributed by atoms with Gasteiger partial charge in [0.15, 0.2) is 17.3 Å². The van der Waals surface area contributed by atoms with Gasteiger partial charge in [0.25, 0.3) is 0 Å². The second-order valence-electron chi connectivity index (χ2n) is 5.60. The van der Waals surface area contributed by atoms with Gasteiger partial charge in [-0.3, -0.25) is 4.79 Å². The van der Waals surface area contributed by atoms with Crippen LogP contribution in [0.15, 0.2) is 12.1 Å². The molecule has 0 aliphatic rings. The van der Waals surface area contributed by atoms with Crippen LogP contribution in [0.3, 0.4) is 0 Å². The number of carbonyl (C=O) groups excluding carboxylic acids is 1. The Morgan fingerprint density at radius 2 is 1.67 bits per heavy atom. The van der Waals surface area contributed by atoms with E-state index >= 15 is 0 Å². The SMILES string of the molecule is CCOc1cc(C(=O)C(C)(C)C)cc(C(=O)O)c1OCC. The summed E-state index contributed by atoms with van der Waals surface area (Å²) in [6.07, 6.45) is 0. The summed E-state index contributed by atoms with van der Waals surface area (Å²) in [5, 5.41) is 9.35. The maximum absolute atomic E-state index is 12.4. The number of ether oxygens (including phenoxy) is 2. The number of benzene rings is 1. The Labute approximate surface area is 124 Å². The highest BCUT2D eigenvalue weighted by atomic mass is 16.5. The van der Waals surface area contributed by atoms with Gasteiger partial charge < -0.3 is 14.6 Å². The molecule has 0 aliphatic carbocycles.